The van der Waals surface area contributed by atoms with Gasteiger partial charge >= 0.3 is 5.97 Å². The third-order valence-electron chi connectivity index (χ3n) is 1.97. The highest BCUT2D eigenvalue weighted by molar-refractivity contribution is 5.73. The minimum absolute atomic E-state index is 0.163. The lowest BCUT2D eigenvalue weighted by Crippen LogP contribution is -2.07. The van der Waals surface area contributed by atoms with Gasteiger partial charge in [0.25, 0.3) is 0 Å². The van der Waals surface area contributed by atoms with Gasteiger partial charge in [0.1, 0.15) is 5.82 Å². The van der Waals surface area contributed by atoms with E-state index in [-0.39, 0.29) is 6.42 Å². The van der Waals surface area contributed by atoms with E-state index in [2.05, 4.69) is 5.32 Å². The molecule has 0 amide bonds. The van der Waals surface area contributed by atoms with Crippen LogP contribution in [0.25, 0.3) is 0 Å². The van der Waals surface area contributed by atoms with Crippen LogP contribution in [0.1, 0.15) is 18.9 Å². The maximum atomic E-state index is 12.9. The molecule has 2 N–H and O–H groups in total. The molecule has 0 aliphatic carbocycles. The second-order valence-corrected chi connectivity index (χ2v) is 3.30. The Morgan fingerprint density at radius 2 is 2.27 bits per heavy atom. The van der Waals surface area contributed by atoms with Crippen molar-refractivity contribution in [2.45, 2.75) is 19.8 Å². The quantitative estimate of drug-likeness (QED) is 0.785. The first kappa shape index (κ1) is 11.5. The standard InChI is InChI=1S/C11H14FNO2/c1-2-5-13-10-4-3-9(12)6-8(10)7-11(14)15/h3-4,6,13H,2,5,7H2,1H3,(H,14,15). The van der Waals surface area contributed by atoms with Crippen molar-refractivity contribution in [1.29, 1.82) is 0 Å². The fourth-order valence-electron chi connectivity index (χ4n) is 1.30. The fourth-order valence-corrected chi connectivity index (χ4v) is 1.30. The average Bonchev–Trinajstić information content (AvgIpc) is 2.16. The number of carbonyl (C=O) groups is 1. The van der Waals surface area contributed by atoms with Crippen LogP contribution in [0.15, 0.2) is 18.2 Å². The number of carboxylic acids is 1. The SMILES string of the molecule is CCCNc1ccc(F)cc1CC(=O)O. The van der Waals surface area contributed by atoms with Gasteiger partial charge in [0.2, 0.25) is 0 Å². The Balaban J connectivity index is 2.87. The van der Waals surface area contributed by atoms with E-state index in [0.29, 0.717) is 11.3 Å². The minimum atomic E-state index is -0.958. The largest absolute Gasteiger partial charge is 0.481 e. The summed E-state index contributed by atoms with van der Waals surface area (Å²) >= 11 is 0. The van der Waals surface area contributed by atoms with Gasteiger partial charge in [-0.2, -0.15) is 0 Å². The third kappa shape index (κ3) is 3.58. The lowest BCUT2D eigenvalue weighted by molar-refractivity contribution is -0.136. The van der Waals surface area contributed by atoms with E-state index in [0.717, 1.165) is 13.0 Å². The summed E-state index contributed by atoms with van der Waals surface area (Å²) in [6.45, 7) is 2.76. The van der Waals surface area contributed by atoms with Gasteiger partial charge in [0.15, 0.2) is 0 Å². The number of nitrogens with one attached hydrogen (secondary N) is 1. The van der Waals surface area contributed by atoms with Crippen LogP contribution in [-0.4, -0.2) is 17.6 Å². The Labute approximate surface area is 87.9 Å². The summed E-state index contributed by atoms with van der Waals surface area (Å²) in [4.78, 5) is 10.6. The second-order valence-electron chi connectivity index (χ2n) is 3.30. The summed E-state index contributed by atoms with van der Waals surface area (Å²) in [6.07, 6.45) is 0.772. The van der Waals surface area contributed by atoms with Crippen molar-refractivity contribution in [2.24, 2.45) is 0 Å². The number of rotatable bonds is 5. The molecule has 0 unspecified atom stereocenters. The van der Waals surface area contributed by atoms with E-state index in [1.807, 2.05) is 6.92 Å². The van der Waals surface area contributed by atoms with Gasteiger partial charge in [0.05, 0.1) is 6.42 Å². The predicted molar refractivity (Wildman–Crippen MR) is 56.5 cm³/mol. The molecule has 0 aromatic heterocycles. The molecule has 82 valence electrons. The monoisotopic (exact) mass is 211 g/mol. The van der Waals surface area contributed by atoms with Crippen LogP contribution in [0.2, 0.25) is 0 Å². The zero-order chi connectivity index (χ0) is 11.3. The van der Waals surface area contributed by atoms with Gasteiger partial charge < -0.3 is 10.4 Å². The number of hydrogen-bond donors (Lipinski definition) is 2. The lowest BCUT2D eigenvalue weighted by atomic mass is 10.1. The van der Waals surface area contributed by atoms with E-state index >= 15 is 0 Å². The minimum Gasteiger partial charge on any atom is -0.481 e. The summed E-state index contributed by atoms with van der Waals surface area (Å²) in [5.74, 6) is -1.37. The normalized spacial score (nSPS) is 10.0. The molecule has 0 aliphatic rings. The van der Waals surface area contributed by atoms with E-state index in [4.69, 9.17) is 5.11 Å². The molecule has 4 heteroatoms. The molecule has 0 spiro atoms. The Kier molecular flexibility index (Phi) is 4.09. The number of anilines is 1. The number of carboxylic acid groups (broad SMARTS) is 1. The van der Waals surface area contributed by atoms with Crippen LogP contribution in [-0.2, 0) is 11.2 Å². The average molecular weight is 211 g/mol. The van der Waals surface area contributed by atoms with Crippen molar-refractivity contribution in [3.63, 3.8) is 0 Å². The number of aliphatic carboxylic acids is 1. The molecule has 15 heavy (non-hydrogen) atoms. The molecule has 0 saturated heterocycles. The number of halogens is 1. The highest BCUT2D eigenvalue weighted by Crippen LogP contribution is 2.17. The van der Waals surface area contributed by atoms with Crippen LogP contribution < -0.4 is 5.32 Å². The van der Waals surface area contributed by atoms with E-state index in [1.54, 1.807) is 6.07 Å². The first-order chi connectivity index (χ1) is 7.13. The molecular formula is C11H14FNO2. The second kappa shape index (κ2) is 5.34. The molecule has 0 bridgehead atoms. The summed E-state index contributed by atoms with van der Waals surface area (Å²) < 4.78 is 12.9. The Morgan fingerprint density at radius 3 is 2.87 bits per heavy atom. The highest BCUT2D eigenvalue weighted by atomic mass is 19.1. The van der Waals surface area contributed by atoms with Crippen molar-refractivity contribution < 1.29 is 14.3 Å². The van der Waals surface area contributed by atoms with E-state index in [9.17, 15) is 9.18 Å². The summed E-state index contributed by atoms with van der Waals surface area (Å²) in [5.41, 5.74) is 1.18. The summed E-state index contributed by atoms with van der Waals surface area (Å²) in [7, 11) is 0. The first-order valence-corrected chi connectivity index (χ1v) is 4.87. The molecular weight excluding hydrogens is 197 g/mol. The van der Waals surface area contributed by atoms with Gasteiger partial charge in [-0.1, -0.05) is 6.92 Å². The first-order valence-electron chi connectivity index (χ1n) is 4.87. The predicted octanol–water partition coefficient (Wildman–Crippen LogP) is 2.27. The smallest absolute Gasteiger partial charge is 0.307 e. The van der Waals surface area contributed by atoms with Crippen LogP contribution in [0, 0.1) is 5.82 Å². The van der Waals surface area contributed by atoms with Crippen LogP contribution in [0.3, 0.4) is 0 Å². The summed E-state index contributed by atoms with van der Waals surface area (Å²) in [5, 5.41) is 11.7. The fraction of sp³-hybridized carbons (Fsp3) is 0.364. The molecule has 0 aliphatic heterocycles. The molecule has 1 aromatic carbocycles. The van der Waals surface area contributed by atoms with Crippen molar-refractivity contribution in [3.05, 3.63) is 29.6 Å². The summed E-state index contributed by atoms with van der Waals surface area (Å²) in [6, 6.07) is 4.15. The molecule has 3 nitrogen and oxygen atoms in total. The van der Waals surface area contributed by atoms with Gasteiger partial charge in [-0.15, -0.1) is 0 Å². The maximum absolute atomic E-state index is 12.9. The van der Waals surface area contributed by atoms with E-state index < -0.39 is 11.8 Å². The van der Waals surface area contributed by atoms with Gasteiger partial charge in [-0.05, 0) is 30.2 Å². The van der Waals surface area contributed by atoms with Crippen molar-refractivity contribution in [1.82, 2.24) is 0 Å². The molecule has 0 heterocycles. The maximum Gasteiger partial charge on any atom is 0.307 e. The Bertz CT molecular complexity index is 352. The van der Waals surface area contributed by atoms with Crippen LogP contribution >= 0.6 is 0 Å². The topological polar surface area (TPSA) is 49.3 Å². The van der Waals surface area contributed by atoms with Gasteiger partial charge in [-0.3, -0.25) is 4.79 Å². The molecule has 1 aromatic rings. The zero-order valence-electron chi connectivity index (χ0n) is 8.59. The molecule has 0 radical (unpaired) electrons. The third-order valence-corrected chi connectivity index (χ3v) is 1.97. The Morgan fingerprint density at radius 1 is 1.53 bits per heavy atom. The molecule has 0 saturated carbocycles. The van der Waals surface area contributed by atoms with Crippen LogP contribution in [0.5, 0.6) is 0 Å². The van der Waals surface area contributed by atoms with E-state index in [1.165, 1.54) is 12.1 Å². The van der Waals surface area contributed by atoms with Crippen molar-refractivity contribution in [2.75, 3.05) is 11.9 Å². The molecule has 1 rings (SSSR count). The molecule has 0 atom stereocenters. The number of benzene rings is 1. The lowest BCUT2D eigenvalue weighted by Gasteiger charge is -2.09. The molecule has 0 fully saturated rings. The number of hydrogen-bond acceptors (Lipinski definition) is 2. The zero-order valence-corrected chi connectivity index (χ0v) is 8.59. The Hall–Kier alpha value is -1.58. The van der Waals surface area contributed by atoms with Gasteiger partial charge in [-0.25, -0.2) is 4.39 Å². The highest BCUT2D eigenvalue weighted by Gasteiger charge is 2.07. The van der Waals surface area contributed by atoms with Crippen molar-refractivity contribution in [3.8, 4) is 0 Å². The van der Waals surface area contributed by atoms with Gasteiger partial charge in [0, 0.05) is 12.2 Å². The van der Waals surface area contributed by atoms with Crippen LogP contribution in [0.4, 0.5) is 10.1 Å². The van der Waals surface area contributed by atoms with Crippen molar-refractivity contribution >= 4 is 11.7 Å².